The van der Waals surface area contributed by atoms with E-state index in [-0.39, 0.29) is 5.84 Å². The van der Waals surface area contributed by atoms with E-state index in [1.807, 2.05) is 24.3 Å². The van der Waals surface area contributed by atoms with Gasteiger partial charge in [0.2, 0.25) is 0 Å². The van der Waals surface area contributed by atoms with Gasteiger partial charge in [0, 0.05) is 24.3 Å². The van der Waals surface area contributed by atoms with Crippen molar-refractivity contribution in [3.05, 3.63) is 29.8 Å². The minimum absolute atomic E-state index is 0.131. The fourth-order valence-electron chi connectivity index (χ4n) is 1.86. The number of para-hydroxylation sites is 1. The van der Waals surface area contributed by atoms with Crippen LogP contribution in [0.3, 0.4) is 0 Å². The molecule has 3 N–H and O–H groups in total. The number of hydrogen-bond acceptors (Lipinski definition) is 2. The Balaban J connectivity index is 2.98. The number of nitrogens with one attached hydrogen (secondary N) is 1. The number of nitrogen functional groups attached to an aromatic ring is 1. The molecular formula is C13H21N3. The highest BCUT2D eigenvalue weighted by molar-refractivity contribution is 6.00. The molecule has 0 heterocycles. The first kappa shape index (κ1) is 12.6. The van der Waals surface area contributed by atoms with Crippen molar-refractivity contribution >= 4 is 11.5 Å². The topological polar surface area (TPSA) is 53.1 Å². The smallest absolute Gasteiger partial charge is 0.124 e. The summed E-state index contributed by atoms with van der Waals surface area (Å²) in [4.78, 5) is 2.19. The van der Waals surface area contributed by atoms with Gasteiger partial charge in [-0.25, -0.2) is 0 Å². The molecule has 0 spiro atoms. The van der Waals surface area contributed by atoms with Crippen LogP contribution in [0.5, 0.6) is 0 Å². The first-order valence-corrected chi connectivity index (χ1v) is 5.74. The number of anilines is 1. The summed E-state index contributed by atoms with van der Waals surface area (Å²) in [6, 6.07) is 8.27. The molecule has 1 rings (SSSR count). The minimum atomic E-state index is 0.131. The van der Waals surface area contributed by atoms with Crippen LogP contribution in [0.25, 0.3) is 0 Å². The van der Waals surface area contributed by atoms with Gasteiger partial charge in [0.1, 0.15) is 5.84 Å². The van der Waals surface area contributed by atoms with E-state index in [0.29, 0.717) is 6.04 Å². The zero-order chi connectivity index (χ0) is 12.1. The Bertz CT molecular complexity index is 360. The fourth-order valence-corrected chi connectivity index (χ4v) is 1.86. The molecule has 0 saturated carbocycles. The summed E-state index contributed by atoms with van der Waals surface area (Å²) >= 11 is 0. The van der Waals surface area contributed by atoms with Gasteiger partial charge >= 0.3 is 0 Å². The summed E-state index contributed by atoms with van der Waals surface area (Å²) in [6.45, 7) is 4.38. The van der Waals surface area contributed by atoms with Crippen LogP contribution >= 0.6 is 0 Å². The third-order valence-electron chi connectivity index (χ3n) is 2.94. The highest BCUT2D eigenvalue weighted by Gasteiger charge is 2.13. The third kappa shape index (κ3) is 2.75. The maximum Gasteiger partial charge on any atom is 0.124 e. The zero-order valence-corrected chi connectivity index (χ0v) is 10.3. The van der Waals surface area contributed by atoms with E-state index in [1.54, 1.807) is 0 Å². The van der Waals surface area contributed by atoms with Crippen molar-refractivity contribution in [2.24, 2.45) is 5.73 Å². The van der Waals surface area contributed by atoms with Crippen molar-refractivity contribution in [3.8, 4) is 0 Å². The van der Waals surface area contributed by atoms with Crippen molar-refractivity contribution in [2.75, 3.05) is 11.9 Å². The van der Waals surface area contributed by atoms with Crippen LogP contribution in [-0.2, 0) is 0 Å². The van der Waals surface area contributed by atoms with Crippen LogP contribution in [0.2, 0.25) is 0 Å². The van der Waals surface area contributed by atoms with Gasteiger partial charge in [-0.2, -0.15) is 0 Å². The van der Waals surface area contributed by atoms with Crippen LogP contribution in [0.1, 0.15) is 32.3 Å². The summed E-state index contributed by atoms with van der Waals surface area (Å²) in [7, 11) is 2.06. The van der Waals surface area contributed by atoms with Gasteiger partial charge < -0.3 is 10.6 Å². The first-order chi connectivity index (χ1) is 7.57. The molecule has 0 bridgehead atoms. The van der Waals surface area contributed by atoms with E-state index >= 15 is 0 Å². The second kappa shape index (κ2) is 5.54. The standard InChI is InChI=1S/C13H21N3/c1-4-7-10(2)16(3)12-9-6-5-8-11(12)13(14)15/h5-6,8-10H,4,7H2,1-3H3,(H3,14,15). The van der Waals surface area contributed by atoms with Crippen molar-refractivity contribution in [3.63, 3.8) is 0 Å². The number of hydrogen-bond donors (Lipinski definition) is 2. The van der Waals surface area contributed by atoms with Gasteiger partial charge in [0.05, 0.1) is 0 Å². The molecule has 0 aliphatic heterocycles. The van der Waals surface area contributed by atoms with Crippen molar-refractivity contribution in [2.45, 2.75) is 32.7 Å². The van der Waals surface area contributed by atoms with Gasteiger partial charge in [-0.3, -0.25) is 5.41 Å². The molecule has 1 aromatic rings. The molecule has 3 nitrogen and oxygen atoms in total. The predicted molar refractivity (Wildman–Crippen MR) is 70.2 cm³/mol. The first-order valence-electron chi connectivity index (χ1n) is 5.74. The lowest BCUT2D eigenvalue weighted by Crippen LogP contribution is -2.30. The molecule has 88 valence electrons. The molecule has 1 aromatic carbocycles. The van der Waals surface area contributed by atoms with E-state index in [0.717, 1.165) is 24.1 Å². The molecule has 0 aromatic heterocycles. The number of rotatable bonds is 5. The summed E-state index contributed by atoms with van der Waals surface area (Å²) in [6.07, 6.45) is 2.30. The number of nitrogens with zero attached hydrogens (tertiary/aromatic N) is 1. The third-order valence-corrected chi connectivity index (χ3v) is 2.94. The summed E-state index contributed by atoms with van der Waals surface area (Å²) in [5.41, 5.74) is 7.43. The molecule has 16 heavy (non-hydrogen) atoms. The average Bonchev–Trinajstić information content (AvgIpc) is 2.28. The Morgan fingerprint density at radius 2 is 2.06 bits per heavy atom. The quantitative estimate of drug-likeness (QED) is 0.591. The monoisotopic (exact) mass is 219 g/mol. The lowest BCUT2D eigenvalue weighted by molar-refractivity contribution is 0.616. The Morgan fingerprint density at radius 3 is 2.62 bits per heavy atom. The van der Waals surface area contributed by atoms with E-state index in [1.165, 1.54) is 0 Å². The summed E-state index contributed by atoms with van der Waals surface area (Å²) < 4.78 is 0. The second-order valence-corrected chi connectivity index (χ2v) is 4.18. The van der Waals surface area contributed by atoms with Gasteiger partial charge in [0.25, 0.3) is 0 Å². The highest BCUT2D eigenvalue weighted by atomic mass is 15.1. The molecule has 1 unspecified atom stereocenters. The van der Waals surface area contributed by atoms with Crippen LogP contribution in [0.15, 0.2) is 24.3 Å². The number of amidine groups is 1. The molecule has 0 fully saturated rings. The summed E-state index contributed by atoms with van der Waals surface area (Å²) in [5.74, 6) is 0.131. The molecule has 3 heteroatoms. The second-order valence-electron chi connectivity index (χ2n) is 4.18. The Morgan fingerprint density at radius 1 is 1.44 bits per heavy atom. The zero-order valence-electron chi connectivity index (χ0n) is 10.3. The Hall–Kier alpha value is -1.51. The normalized spacial score (nSPS) is 12.2. The van der Waals surface area contributed by atoms with Crippen molar-refractivity contribution in [1.29, 1.82) is 5.41 Å². The SMILES string of the molecule is CCCC(C)N(C)c1ccccc1C(=N)N. The van der Waals surface area contributed by atoms with Gasteiger partial charge in [0.15, 0.2) is 0 Å². The van der Waals surface area contributed by atoms with Crippen LogP contribution in [0.4, 0.5) is 5.69 Å². The average molecular weight is 219 g/mol. The number of benzene rings is 1. The van der Waals surface area contributed by atoms with Crippen LogP contribution < -0.4 is 10.6 Å². The van der Waals surface area contributed by atoms with E-state index in [9.17, 15) is 0 Å². The molecule has 0 saturated heterocycles. The van der Waals surface area contributed by atoms with E-state index < -0.39 is 0 Å². The molecule has 0 amide bonds. The molecule has 0 aliphatic rings. The Kier molecular flexibility index (Phi) is 4.35. The van der Waals surface area contributed by atoms with Gasteiger partial charge in [-0.15, -0.1) is 0 Å². The van der Waals surface area contributed by atoms with Crippen LogP contribution in [0, 0.1) is 5.41 Å². The molecule has 1 atom stereocenters. The maximum absolute atomic E-state index is 7.56. The minimum Gasteiger partial charge on any atom is -0.384 e. The maximum atomic E-state index is 7.56. The number of nitrogens with two attached hydrogens (primary N) is 1. The van der Waals surface area contributed by atoms with E-state index in [2.05, 4.69) is 25.8 Å². The fraction of sp³-hybridized carbons (Fsp3) is 0.462. The molecule has 0 radical (unpaired) electrons. The lowest BCUT2D eigenvalue weighted by Gasteiger charge is -2.28. The summed E-state index contributed by atoms with van der Waals surface area (Å²) in [5, 5.41) is 7.56. The molecular weight excluding hydrogens is 198 g/mol. The van der Waals surface area contributed by atoms with Crippen molar-refractivity contribution < 1.29 is 0 Å². The predicted octanol–water partition coefficient (Wildman–Crippen LogP) is 2.60. The van der Waals surface area contributed by atoms with Crippen LogP contribution in [-0.4, -0.2) is 18.9 Å². The largest absolute Gasteiger partial charge is 0.384 e. The highest BCUT2D eigenvalue weighted by Crippen LogP contribution is 2.21. The van der Waals surface area contributed by atoms with Gasteiger partial charge in [-0.1, -0.05) is 25.5 Å². The van der Waals surface area contributed by atoms with E-state index in [4.69, 9.17) is 11.1 Å². The van der Waals surface area contributed by atoms with Crippen molar-refractivity contribution in [1.82, 2.24) is 0 Å². The lowest BCUT2D eigenvalue weighted by atomic mass is 10.1. The van der Waals surface area contributed by atoms with Gasteiger partial charge in [-0.05, 0) is 25.5 Å². The Labute approximate surface area is 97.8 Å². The molecule has 0 aliphatic carbocycles.